The van der Waals surface area contributed by atoms with E-state index in [0.29, 0.717) is 17.8 Å². The zero-order valence-electron chi connectivity index (χ0n) is 11.3. The van der Waals surface area contributed by atoms with Crippen molar-refractivity contribution in [3.05, 3.63) is 33.3 Å². The number of nitrogens with zero attached hydrogens (tertiary/aromatic N) is 3. The highest BCUT2D eigenvalue weighted by molar-refractivity contribution is 8.00. The number of carbonyl (C=O) groups is 1. The lowest BCUT2D eigenvalue weighted by Gasteiger charge is -2.04. The first-order valence-electron chi connectivity index (χ1n) is 6.18. The molecule has 1 atom stereocenters. The second-order valence-electron chi connectivity index (χ2n) is 4.24. The van der Waals surface area contributed by atoms with Crippen LogP contribution >= 0.6 is 23.4 Å². The Morgan fingerprint density at radius 3 is 2.91 bits per heavy atom. The standard InChI is InChI=1S/C12H11ClN4O4S/c1-2-9(11(18)19)22-12-14-10(15-16-12)6-3-4-7(13)8(5-6)17(20)21/h3-5,9H,2H2,1H3,(H,18,19)(H,14,15,16)/t9-/m0/s1. The molecule has 0 radical (unpaired) electrons. The molecule has 1 aromatic heterocycles. The summed E-state index contributed by atoms with van der Waals surface area (Å²) >= 11 is 6.76. The number of aromatic nitrogens is 3. The van der Waals surface area contributed by atoms with Gasteiger partial charge in [-0.25, -0.2) is 4.98 Å². The minimum absolute atomic E-state index is 0.0276. The molecule has 2 rings (SSSR count). The van der Waals surface area contributed by atoms with Crippen LogP contribution in [0.1, 0.15) is 13.3 Å². The summed E-state index contributed by atoms with van der Waals surface area (Å²) in [5.41, 5.74) is 0.209. The number of nitro benzene ring substituents is 1. The Morgan fingerprint density at radius 1 is 1.59 bits per heavy atom. The summed E-state index contributed by atoms with van der Waals surface area (Å²) in [6.45, 7) is 1.75. The van der Waals surface area contributed by atoms with E-state index in [9.17, 15) is 14.9 Å². The number of aliphatic carboxylic acids is 1. The van der Waals surface area contributed by atoms with Gasteiger partial charge in [-0.05, 0) is 18.6 Å². The SMILES string of the molecule is CC[C@H](Sc1n[nH]c(-c2ccc(Cl)c([N+](=O)[O-])c2)n1)C(=O)O. The predicted octanol–water partition coefficient (Wildman–Crippen LogP) is 2.99. The fourth-order valence-corrected chi connectivity index (χ4v) is 2.61. The van der Waals surface area contributed by atoms with Crippen molar-refractivity contribution in [1.82, 2.24) is 15.2 Å². The van der Waals surface area contributed by atoms with Crippen molar-refractivity contribution in [1.29, 1.82) is 0 Å². The van der Waals surface area contributed by atoms with Gasteiger partial charge in [-0.3, -0.25) is 20.0 Å². The minimum Gasteiger partial charge on any atom is -0.480 e. The number of nitro groups is 1. The van der Waals surface area contributed by atoms with Crippen molar-refractivity contribution < 1.29 is 14.8 Å². The number of H-pyrrole nitrogens is 1. The van der Waals surface area contributed by atoms with Gasteiger partial charge in [-0.15, -0.1) is 5.10 Å². The Balaban J connectivity index is 2.26. The molecular weight excluding hydrogens is 332 g/mol. The van der Waals surface area contributed by atoms with Gasteiger partial charge < -0.3 is 5.11 Å². The molecule has 0 aliphatic rings. The van der Waals surface area contributed by atoms with Crippen LogP contribution in [-0.4, -0.2) is 36.4 Å². The number of thioether (sulfide) groups is 1. The maximum atomic E-state index is 11.0. The molecule has 0 fully saturated rings. The number of benzene rings is 1. The number of nitrogens with one attached hydrogen (secondary N) is 1. The van der Waals surface area contributed by atoms with Gasteiger partial charge in [0.1, 0.15) is 10.3 Å². The molecule has 116 valence electrons. The average Bonchev–Trinajstić information content (AvgIpc) is 2.93. The van der Waals surface area contributed by atoms with Crippen LogP contribution in [0, 0.1) is 10.1 Å². The van der Waals surface area contributed by atoms with Gasteiger partial charge in [0.05, 0.1) is 4.92 Å². The predicted molar refractivity (Wildman–Crippen MR) is 81.1 cm³/mol. The summed E-state index contributed by atoms with van der Waals surface area (Å²) in [5.74, 6) is -0.636. The molecule has 1 heterocycles. The average molecular weight is 343 g/mol. The van der Waals surface area contributed by atoms with Crippen LogP contribution in [0.5, 0.6) is 0 Å². The van der Waals surface area contributed by atoms with Gasteiger partial charge in [0.15, 0.2) is 5.82 Å². The highest BCUT2D eigenvalue weighted by Gasteiger charge is 2.20. The number of aromatic amines is 1. The number of carboxylic acids is 1. The maximum absolute atomic E-state index is 11.0. The Hall–Kier alpha value is -2.13. The number of halogens is 1. The quantitative estimate of drug-likeness (QED) is 0.470. The fourth-order valence-electron chi connectivity index (χ4n) is 1.66. The van der Waals surface area contributed by atoms with Gasteiger partial charge >= 0.3 is 5.97 Å². The maximum Gasteiger partial charge on any atom is 0.317 e. The highest BCUT2D eigenvalue weighted by atomic mass is 35.5. The third-order valence-electron chi connectivity index (χ3n) is 2.78. The first kappa shape index (κ1) is 16.2. The normalized spacial score (nSPS) is 12.1. The molecule has 0 unspecified atom stereocenters. The third kappa shape index (κ3) is 3.55. The van der Waals surface area contributed by atoms with Gasteiger partial charge in [-0.2, -0.15) is 0 Å². The smallest absolute Gasteiger partial charge is 0.317 e. The summed E-state index contributed by atoms with van der Waals surface area (Å²) < 4.78 is 0. The molecule has 1 aromatic carbocycles. The molecule has 0 aliphatic heterocycles. The summed E-state index contributed by atoms with van der Waals surface area (Å²) in [4.78, 5) is 25.4. The van der Waals surface area contributed by atoms with Crippen molar-refractivity contribution in [2.45, 2.75) is 23.8 Å². The molecule has 2 N–H and O–H groups in total. The van der Waals surface area contributed by atoms with E-state index >= 15 is 0 Å². The third-order valence-corrected chi connectivity index (χ3v) is 4.31. The van der Waals surface area contributed by atoms with Crippen LogP contribution in [0.25, 0.3) is 11.4 Å². The van der Waals surface area contributed by atoms with E-state index in [1.165, 1.54) is 12.1 Å². The van der Waals surface area contributed by atoms with Gasteiger partial charge in [0.25, 0.3) is 5.69 Å². The first-order chi connectivity index (χ1) is 10.4. The molecule has 0 spiro atoms. The van der Waals surface area contributed by atoms with Crippen molar-refractivity contribution in [2.75, 3.05) is 0 Å². The van der Waals surface area contributed by atoms with Crippen LogP contribution in [0.2, 0.25) is 5.02 Å². The zero-order chi connectivity index (χ0) is 16.3. The molecule has 0 bridgehead atoms. The monoisotopic (exact) mass is 342 g/mol. The summed E-state index contributed by atoms with van der Waals surface area (Å²) in [6, 6.07) is 4.25. The highest BCUT2D eigenvalue weighted by Crippen LogP contribution is 2.30. The second-order valence-corrected chi connectivity index (χ2v) is 5.82. The van der Waals surface area contributed by atoms with E-state index in [0.717, 1.165) is 11.8 Å². The van der Waals surface area contributed by atoms with E-state index in [4.69, 9.17) is 16.7 Å². The van der Waals surface area contributed by atoms with Crippen LogP contribution in [0.15, 0.2) is 23.4 Å². The van der Waals surface area contributed by atoms with E-state index in [1.54, 1.807) is 13.0 Å². The molecule has 8 nitrogen and oxygen atoms in total. The molecule has 22 heavy (non-hydrogen) atoms. The lowest BCUT2D eigenvalue weighted by Crippen LogP contribution is -2.14. The van der Waals surface area contributed by atoms with E-state index < -0.39 is 16.1 Å². The Labute approximate surface area is 134 Å². The molecule has 0 saturated carbocycles. The Bertz CT molecular complexity index is 721. The fraction of sp³-hybridized carbons (Fsp3) is 0.250. The molecule has 0 aliphatic carbocycles. The molecule has 0 saturated heterocycles. The van der Waals surface area contributed by atoms with Crippen molar-refractivity contribution in [2.24, 2.45) is 0 Å². The van der Waals surface area contributed by atoms with Crippen LogP contribution in [0.3, 0.4) is 0 Å². The lowest BCUT2D eigenvalue weighted by atomic mass is 10.2. The van der Waals surface area contributed by atoms with E-state index in [-0.39, 0.29) is 15.9 Å². The van der Waals surface area contributed by atoms with Crippen molar-refractivity contribution in [3.8, 4) is 11.4 Å². The molecular formula is C12H11ClN4O4S. The van der Waals surface area contributed by atoms with Gasteiger partial charge in [0.2, 0.25) is 5.16 Å². The van der Waals surface area contributed by atoms with Crippen molar-refractivity contribution >= 4 is 35.0 Å². The van der Waals surface area contributed by atoms with Gasteiger partial charge in [0, 0.05) is 11.6 Å². The number of hydrogen-bond donors (Lipinski definition) is 2. The second kappa shape index (κ2) is 6.75. The number of rotatable bonds is 6. The summed E-state index contributed by atoms with van der Waals surface area (Å²) in [6.07, 6.45) is 0.427. The lowest BCUT2D eigenvalue weighted by molar-refractivity contribution is -0.384. The van der Waals surface area contributed by atoms with Crippen LogP contribution < -0.4 is 0 Å². The minimum atomic E-state index is -0.944. The molecule has 0 amide bonds. The number of hydrogen-bond acceptors (Lipinski definition) is 6. The Kier molecular flexibility index (Phi) is 4.99. The van der Waals surface area contributed by atoms with E-state index in [1.807, 2.05) is 0 Å². The summed E-state index contributed by atoms with van der Waals surface area (Å²) in [5, 5.41) is 26.1. The van der Waals surface area contributed by atoms with Crippen LogP contribution in [0.4, 0.5) is 5.69 Å². The largest absolute Gasteiger partial charge is 0.480 e. The zero-order valence-corrected chi connectivity index (χ0v) is 12.9. The van der Waals surface area contributed by atoms with Crippen molar-refractivity contribution in [3.63, 3.8) is 0 Å². The molecule has 10 heteroatoms. The Morgan fingerprint density at radius 2 is 2.32 bits per heavy atom. The number of carboxylic acid groups (broad SMARTS) is 1. The first-order valence-corrected chi connectivity index (χ1v) is 7.44. The molecule has 2 aromatic rings. The van der Waals surface area contributed by atoms with E-state index in [2.05, 4.69) is 15.2 Å². The summed E-state index contributed by atoms with van der Waals surface area (Å²) in [7, 11) is 0. The van der Waals surface area contributed by atoms with Gasteiger partial charge in [-0.1, -0.05) is 30.3 Å². The van der Waals surface area contributed by atoms with Crippen LogP contribution in [-0.2, 0) is 4.79 Å². The topological polar surface area (TPSA) is 122 Å².